The molecule has 0 atom stereocenters. The monoisotopic (exact) mass is 407 g/mol. The van der Waals surface area contributed by atoms with E-state index in [4.69, 9.17) is 4.42 Å². The maximum absolute atomic E-state index is 12.0. The topological polar surface area (TPSA) is 85.8 Å². The molecular formula is C15H14BrN5O2S. The van der Waals surface area contributed by atoms with Gasteiger partial charge in [-0.2, -0.15) is 5.10 Å². The Morgan fingerprint density at radius 2 is 2.29 bits per heavy atom. The summed E-state index contributed by atoms with van der Waals surface area (Å²) in [6, 6.07) is 7.40. The van der Waals surface area contributed by atoms with Gasteiger partial charge in [0.25, 0.3) is 11.1 Å². The number of thioether (sulfide) groups is 1. The van der Waals surface area contributed by atoms with Crippen molar-refractivity contribution in [1.29, 1.82) is 0 Å². The van der Waals surface area contributed by atoms with E-state index in [2.05, 4.69) is 36.5 Å². The minimum atomic E-state index is -0.142. The molecule has 0 saturated heterocycles. The summed E-state index contributed by atoms with van der Waals surface area (Å²) in [5, 5.41) is 15.2. The Balaban J connectivity index is 1.56. The van der Waals surface area contributed by atoms with Crippen molar-refractivity contribution >= 4 is 39.3 Å². The fourth-order valence-electron chi connectivity index (χ4n) is 1.92. The van der Waals surface area contributed by atoms with E-state index in [0.29, 0.717) is 11.1 Å². The van der Waals surface area contributed by atoms with Crippen molar-refractivity contribution in [2.24, 2.45) is 0 Å². The largest absolute Gasteiger partial charge is 0.411 e. The van der Waals surface area contributed by atoms with Crippen molar-refractivity contribution in [1.82, 2.24) is 20.0 Å². The number of hydrogen-bond donors (Lipinski definition) is 1. The average Bonchev–Trinajstić information content (AvgIpc) is 3.22. The summed E-state index contributed by atoms with van der Waals surface area (Å²) in [6.07, 6.45) is 3.51. The third-order valence-electron chi connectivity index (χ3n) is 3.05. The van der Waals surface area contributed by atoms with Crippen LogP contribution in [0.3, 0.4) is 0 Å². The highest BCUT2D eigenvalue weighted by Crippen LogP contribution is 2.23. The van der Waals surface area contributed by atoms with E-state index in [1.54, 1.807) is 10.9 Å². The van der Waals surface area contributed by atoms with Crippen LogP contribution in [0.4, 0.5) is 5.69 Å². The van der Waals surface area contributed by atoms with E-state index in [0.717, 1.165) is 22.3 Å². The first-order valence-electron chi connectivity index (χ1n) is 7.18. The number of aryl methyl sites for hydroxylation is 1. The van der Waals surface area contributed by atoms with Crippen LogP contribution in [-0.4, -0.2) is 31.6 Å². The molecule has 0 aliphatic carbocycles. The summed E-state index contributed by atoms with van der Waals surface area (Å²) in [4.78, 5) is 12.0. The highest BCUT2D eigenvalue weighted by molar-refractivity contribution is 9.10. The van der Waals surface area contributed by atoms with Gasteiger partial charge in [0.2, 0.25) is 5.91 Å². The molecule has 3 aromatic rings. The first kappa shape index (κ1) is 16.7. The molecule has 0 spiro atoms. The number of carbonyl (C=O) groups excluding carboxylic acids is 1. The molecule has 2 heterocycles. The number of hydrogen-bond acceptors (Lipinski definition) is 6. The van der Waals surface area contributed by atoms with E-state index >= 15 is 0 Å². The van der Waals surface area contributed by atoms with Gasteiger partial charge in [-0.15, -0.1) is 10.2 Å². The van der Waals surface area contributed by atoms with Crippen LogP contribution in [0.15, 0.2) is 50.8 Å². The van der Waals surface area contributed by atoms with Crippen LogP contribution in [0.1, 0.15) is 6.92 Å². The molecular weight excluding hydrogens is 394 g/mol. The molecule has 0 aliphatic rings. The summed E-state index contributed by atoms with van der Waals surface area (Å²) in [5.41, 5.74) is 1.49. The second-order valence-corrected chi connectivity index (χ2v) is 6.65. The molecule has 0 aliphatic heterocycles. The normalized spacial score (nSPS) is 10.8. The Bertz CT molecular complexity index is 848. The number of amides is 1. The van der Waals surface area contributed by atoms with Crippen molar-refractivity contribution in [3.63, 3.8) is 0 Å². The minimum absolute atomic E-state index is 0.142. The molecule has 0 unspecified atom stereocenters. The molecule has 0 bridgehead atoms. The first-order chi connectivity index (χ1) is 11.6. The molecule has 0 fully saturated rings. The molecule has 1 amide bonds. The summed E-state index contributed by atoms with van der Waals surface area (Å²) in [6.45, 7) is 2.77. The van der Waals surface area contributed by atoms with E-state index in [1.807, 2.05) is 37.4 Å². The van der Waals surface area contributed by atoms with E-state index in [-0.39, 0.29) is 11.7 Å². The third-order valence-corrected chi connectivity index (χ3v) is 4.36. The second-order valence-electron chi connectivity index (χ2n) is 4.81. The van der Waals surface area contributed by atoms with Crippen molar-refractivity contribution in [2.45, 2.75) is 18.7 Å². The van der Waals surface area contributed by atoms with Crippen molar-refractivity contribution < 1.29 is 9.21 Å². The molecule has 2 aromatic heterocycles. The summed E-state index contributed by atoms with van der Waals surface area (Å²) in [5.74, 6) is 0.434. The van der Waals surface area contributed by atoms with Crippen LogP contribution in [0.25, 0.3) is 11.5 Å². The zero-order chi connectivity index (χ0) is 16.9. The maximum atomic E-state index is 12.0. The summed E-state index contributed by atoms with van der Waals surface area (Å²) < 4.78 is 8.23. The lowest BCUT2D eigenvalue weighted by atomic mass is 10.3. The second kappa shape index (κ2) is 7.63. The van der Waals surface area contributed by atoms with Gasteiger partial charge in [0, 0.05) is 22.9 Å². The van der Waals surface area contributed by atoms with Crippen molar-refractivity contribution in [3.8, 4) is 11.5 Å². The predicted octanol–water partition coefficient (Wildman–Crippen LogP) is 3.45. The van der Waals surface area contributed by atoms with Crippen molar-refractivity contribution in [2.75, 3.05) is 11.1 Å². The molecule has 3 rings (SSSR count). The molecule has 124 valence electrons. The average molecular weight is 408 g/mol. The van der Waals surface area contributed by atoms with E-state index < -0.39 is 0 Å². The van der Waals surface area contributed by atoms with E-state index in [9.17, 15) is 4.79 Å². The lowest BCUT2D eigenvalue weighted by Crippen LogP contribution is -2.13. The Morgan fingerprint density at radius 3 is 3.04 bits per heavy atom. The van der Waals surface area contributed by atoms with Gasteiger partial charge in [-0.05, 0) is 25.1 Å². The molecule has 0 radical (unpaired) electrons. The number of nitrogens with one attached hydrogen (secondary N) is 1. The highest BCUT2D eigenvalue weighted by atomic mass is 79.9. The maximum Gasteiger partial charge on any atom is 0.277 e. The van der Waals surface area contributed by atoms with Gasteiger partial charge in [0.1, 0.15) is 0 Å². The minimum Gasteiger partial charge on any atom is -0.411 e. The molecule has 1 N–H and O–H groups in total. The van der Waals surface area contributed by atoms with Crippen LogP contribution in [0, 0.1) is 0 Å². The number of anilines is 1. The van der Waals surface area contributed by atoms with Crippen molar-refractivity contribution in [3.05, 3.63) is 41.1 Å². The van der Waals surface area contributed by atoms with Gasteiger partial charge < -0.3 is 9.73 Å². The molecule has 24 heavy (non-hydrogen) atoms. The Kier molecular flexibility index (Phi) is 5.31. The lowest BCUT2D eigenvalue weighted by molar-refractivity contribution is -0.113. The smallest absolute Gasteiger partial charge is 0.277 e. The number of nitrogens with zero attached hydrogens (tertiary/aromatic N) is 4. The predicted molar refractivity (Wildman–Crippen MR) is 94.7 cm³/mol. The fourth-order valence-corrected chi connectivity index (χ4v) is 2.88. The fraction of sp³-hybridized carbons (Fsp3) is 0.200. The van der Waals surface area contributed by atoms with Gasteiger partial charge >= 0.3 is 0 Å². The van der Waals surface area contributed by atoms with E-state index in [1.165, 1.54) is 11.8 Å². The SMILES string of the molecule is CCn1cc(-c2nnc(SCC(=O)Nc3cccc(Br)c3)o2)cn1. The number of aromatic nitrogens is 4. The van der Waals surface area contributed by atoms with Gasteiger partial charge in [-0.25, -0.2) is 0 Å². The Hall–Kier alpha value is -2.13. The zero-order valence-corrected chi connectivity index (χ0v) is 15.2. The van der Waals surface area contributed by atoms with Crippen LogP contribution in [-0.2, 0) is 11.3 Å². The van der Waals surface area contributed by atoms with Gasteiger partial charge in [-0.1, -0.05) is 33.8 Å². The number of rotatable bonds is 6. The van der Waals surface area contributed by atoms with Crippen LogP contribution >= 0.6 is 27.7 Å². The Morgan fingerprint density at radius 1 is 1.42 bits per heavy atom. The van der Waals surface area contributed by atoms with Gasteiger partial charge in [0.15, 0.2) is 0 Å². The summed E-state index contributed by atoms with van der Waals surface area (Å²) >= 11 is 4.55. The standard InChI is InChI=1S/C15H14BrN5O2S/c1-2-21-8-10(7-17-21)14-19-20-15(23-14)24-9-13(22)18-12-5-3-4-11(16)6-12/h3-8H,2,9H2,1H3,(H,18,22). The quantitative estimate of drug-likeness (QED) is 0.629. The number of carbonyl (C=O) groups is 1. The molecule has 0 saturated carbocycles. The molecule has 1 aromatic carbocycles. The van der Waals surface area contributed by atoms with Gasteiger partial charge in [-0.3, -0.25) is 9.48 Å². The highest BCUT2D eigenvalue weighted by Gasteiger charge is 2.12. The third kappa shape index (κ3) is 4.24. The molecule has 9 heteroatoms. The molecule has 7 nitrogen and oxygen atoms in total. The number of halogens is 1. The number of benzene rings is 1. The summed E-state index contributed by atoms with van der Waals surface area (Å²) in [7, 11) is 0. The van der Waals surface area contributed by atoms with Crippen LogP contribution < -0.4 is 5.32 Å². The zero-order valence-electron chi connectivity index (χ0n) is 12.8. The van der Waals surface area contributed by atoms with Gasteiger partial charge in [0.05, 0.1) is 17.5 Å². The van der Waals surface area contributed by atoms with Crippen LogP contribution in [0.5, 0.6) is 0 Å². The van der Waals surface area contributed by atoms with Crippen LogP contribution in [0.2, 0.25) is 0 Å². The Labute approximate surface area is 151 Å². The lowest BCUT2D eigenvalue weighted by Gasteiger charge is -2.03. The first-order valence-corrected chi connectivity index (χ1v) is 8.96.